The van der Waals surface area contributed by atoms with Crippen molar-refractivity contribution in [3.63, 3.8) is 0 Å². The summed E-state index contributed by atoms with van der Waals surface area (Å²) in [5.74, 6) is 0. The monoisotopic (exact) mass is 240 g/mol. The van der Waals surface area contributed by atoms with E-state index in [1.807, 2.05) is 0 Å². The molecule has 1 aliphatic heterocycles. The van der Waals surface area contributed by atoms with E-state index in [0.29, 0.717) is 5.41 Å². The third-order valence-electron chi connectivity index (χ3n) is 3.70. The van der Waals surface area contributed by atoms with Gasteiger partial charge in [-0.25, -0.2) is 0 Å². The summed E-state index contributed by atoms with van der Waals surface area (Å²) >= 11 is 0. The van der Waals surface area contributed by atoms with Gasteiger partial charge in [0.1, 0.15) is 0 Å². The molecule has 0 amide bonds. The minimum atomic E-state index is 0.280. The van der Waals surface area contributed by atoms with E-state index in [1.165, 1.54) is 32.4 Å². The molecule has 0 bridgehead atoms. The second kappa shape index (κ2) is 5.71. The van der Waals surface area contributed by atoms with Gasteiger partial charge in [-0.15, -0.1) is 0 Å². The number of piperazine rings is 1. The fourth-order valence-electron chi connectivity index (χ4n) is 2.57. The molecule has 1 aliphatic rings. The second-order valence-corrected chi connectivity index (χ2v) is 7.49. The van der Waals surface area contributed by atoms with E-state index in [2.05, 4.69) is 51.8 Å². The van der Waals surface area contributed by atoms with Crippen molar-refractivity contribution in [3.05, 3.63) is 0 Å². The molecule has 2 nitrogen and oxygen atoms in total. The Morgan fingerprint density at radius 2 is 1.94 bits per heavy atom. The van der Waals surface area contributed by atoms with Crippen LogP contribution in [-0.4, -0.2) is 36.1 Å². The predicted molar refractivity (Wildman–Crippen MR) is 76.4 cm³/mol. The fraction of sp³-hybridized carbons (Fsp3) is 1.00. The van der Waals surface area contributed by atoms with Crippen LogP contribution in [0.4, 0.5) is 0 Å². The summed E-state index contributed by atoms with van der Waals surface area (Å²) in [6.45, 7) is 17.6. The van der Waals surface area contributed by atoms with Crippen molar-refractivity contribution in [2.24, 2.45) is 5.41 Å². The van der Waals surface area contributed by atoms with E-state index in [0.717, 1.165) is 12.6 Å². The van der Waals surface area contributed by atoms with Crippen molar-refractivity contribution in [3.8, 4) is 0 Å². The Morgan fingerprint density at radius 1 is 1.29 bits per heavy atom. The normalized spacial score (nSPS) is 26.1. The summed E-state index contributed by atoms with van der Waals surface area (Å²) < 4.78 is 0. The summed E-state index contributed by atoms with van der Waals surface area (Å²) in [6, 6.07) is 0.746. The van der Waals surface area contributed by atoms with Gasteiger partial charge in [0, 0.05) is 24.7 Å². The number of hydrogen-bond acceptors (Lipinski definition) is 2. The Morgan fingerprint density at radius 3 is 2.47 bits per heavy atom. The van der Waals surface area contributed by atoms with Crippen LogP contribution in [0.15, 0.2) is 0 Å². The largest absolute Gasteiger partial charge is 0.309 e. The van der Waals surface area contributed by atoms with Crippen molar-refractivity contribution < 1.29 is 0 Å². The molecule has 0 saturated carbocycles. The highest BCUT2D eigenvalue weighted by atomic mass is 15.2. The van der Waals surface area contributed by atoms with Crippen LogP contribution in [0.1, 0.15) is 60.8 Å². The van der Waals surface area contributed by atoms with E-state index >= 15 is 0 Å². The van der Waals surface area contributed by atoms with Gasteiger partial charge < -0.3 is 5.32 Å². The van der Waals surface area contributed by atoms with Crippen LogP contribution in [0.5, 0.6) is 0 Å². The van der Waals surface area contributed by atoms with Gasteiger partial charge in [0.15, 0.2) is 0 Å². The summed E-state index contributed by atoms with van der Waals surface area (Å²) in [7, 11) is 0. The lowest BCUT2D eigenvalue weighted by atomic mass is 9.90. The van der Waals surface area contributed by atoms with E-state index < -0.39 is 0 Å². The minimum Gasteiger partial charge on any atom is -0.309 e. The molecule has 0 aromatic heterocycles. The lowest BCUT2D eigenvalue weighted by Gasteiger charge is -2.45. The molecular formula is C15H32N2. The molecule has 1 saturated heterocycles. The van der Waals surface area contributed by atoms with Crippen molar-refractivity contribution in [2.45, 2.75) is 72.4 Å². The number of hydrogen-bond donors (Lipinski definition) is 1. The topological polar surface area (TPSA) is 15.3 Å². The summed E-state index contributed by atoms with van der Waals surface area (Å²) in [4.78, 5) is 2.71. The van der Waals surface area contributed by atoms with Gasteiger partial charge in [-0.2, -0.15) is 0 Å². The molecular weight excluding hydrogens is 208 g/mol. The number of nitrogens with one attached hydrogen (secondary N) is 1. The zero-order chi connectivity index (χ0) is 13.1. The Kier molecular flexibility index (Phi) is 5.03. The van der Waals surface area contributed by atoms with Crippen LogP contribution in [0.25, 0.3) is 0 Å². The Hall–Kier alpha value is -0.0800. The maximum absolute atomic E-state index is 3.68. The molecule has 1 N–H and O–H groups in total. The second-order valence-electron chi connectivity index (χ2n) is 7.49. The SMILES string of the molecule is CCCC1CNC(C)(C)CN1CCC(C)(C)C. The van der Waals surface area contributed by atoms with Gasteiger partial charge in [-0.05, 0) is 38.6 Å². The van der Waals surface area contributed by atoms with Gasteiger partial charge in [-0.3, -0.25) is 4.90 Å². The van der Waals surface area contributed by atoms with Crippen LogP contribution >= 0.6 is 0 Å². The molecule has 1 unspecified atom stereocenters. The van der Waals surface area contributed by atoms with E-state index in [9.17, 15) is 0 Å². The van der Waals surface area contributed by atoms with Crippen LogP contribution in [0, 0.1) is 5.41 Å². The van der Waals surface area contributed by atoms with Crippen molar-refractivity contribution >= 4 is 0 Å². The molecule has 0 aliphatic carbocycles. The third kappa shape index (κ3) is 5.39. The Bertz CT molecular complexity index is 228. The average Bonchev–Trinajstić information content (AvgIpc) is 2.17. The highest BCUT2D eigenvalue weighted by Gasteiger charge is 2.32. The van der Waals surface area contributed by atoms with E-state index in [4.69, 9.17) is 0 Å². The third-order valence-corrected chi connectivity index (χ3v) is 3.70. The minimum absolute atomic E-state index is 0.280. The van der Waals surface area contributed by atoms with Crippen LogP contribution in [0.2, 0.25) is 0 Å². The van der Waals surface area contributed by atoms with Crippen molar-refractivity contribution in [2.75, 3.05) is 19.6 Å². The highest BCUT2D eigenvalue weighted by Crippen LogP contribution is 2.23. The molecule has 0 aromatic rings. The predicted octanol–water partition coefficient (Wildman–Crippen LogP) is 3.28. The standard InChI is InChI=1S/C15H32N2/c1-7-8-13-11-16-15(5,6)12-17(13)10-9-14(2,3)4/h13,16H,7-12H2,1-6H3. The van der Waals surface area contributed by atoms with Crippen LogP contribution in [0.3, 0.4) is 0 Å². The summed E-state index contributed by atoms with van der Waals surface area (Å²) in [5.41, 5.74) is 0.730. The molecule has 102 valence electrons. The van der Waals surface area contributed by atoms with Crippen molar-refractivity contribution in [1.82, 2.24) is 10.2 Å². The molecule has 0 aromatic carbocycles. The van der Waals surface area contributed by atoms with Gasteiger partial charge in [-0.1, -0.05) is 34.1 Å². The molecule has 0 radical (unpaired) electrons. The molecule has 2 heteroatoms. The van der Waals surface area contributed by atoms with E-state index in [-0.39, 0.29) is 5.54 Å². The zero-order valence-electron chi connectivity index (χ0n) is 12.8. The fourth-order valence-corrected chi connectivity index (χ4v) is 2.57. The van der Waals surface area contributed by atoms with Gasteiger partial charge in [0.25, 0.3) is 0 Å². The van der Waals surface area contributed by atoms with Gasteiger partial charge in [0.2, 0.25) is 0 Å². The molecule has 1 heterocycles. The molecule has 17 heavy (non-hydrogen) atoms. The van der Waals surface area contributed by atoms with Crippen molar-refractivity contribution in [1.29, 1.82) is 0 Å². The lowest BCUT2D eigenvalue weighted by molar-refractivity contribution is 0.0786. The first-order valence-electron chi connectivity index (χ1n) is 7.22. The van der Waals surface area contributed by atoms with Crippen LogP contribution < -0.4 is 5.32 Å². The quantitative estimate of drug-likeness (QED) is 0.811. The smallest absolute Gasteiger partial charge is 0.0252 e. The first kappa shape index (κ1) is 15.0. The highest BCUT2D eigenvalue weighted by molar-refractivity contribution is 4.92. The van der Waals surface area contributed by atoms with Crippen LogP contribution in [-0.2, 0) is 0 Å². The summed E-state index contributed by atoms with van der Waals surface area (Å²) in [6.07, 6.45) is 3.91. The molecule has 1 fully saturated rings. The maximum atomic E-state index is 3.68. The molecule has 0 spiro atoms. The maximum Gasteiger partial charge on any atom is 0.0252 e. The van der Waals surface area contributed by atoms with Gasteiger partial charge >= 0.3 is 0 Å². The Balaban J connectivity index is 2.55. The summed E-state index contributed by atoms with van der Waals surface area (Å²) in [5, 5.41) is 3.68. The average molecular weight is 240 g/mol. The zero-order valence-corrected chi connectivity index (χ0v) is 12.8. The van der Waals surface area contributed by atoms with Gasteiger partial charge in [0.05, 0.1) is 0 Å². The first-order chi connectivity index (χ1) is 7.73. The lowest BCUT2D eigenvalue weighted by Crippen LogP contribution is -2.61. The van der Waals surface area contributed by atoms with E-state index in [1.54, 1.807) is 0 Å². The molecule has 1 atom stereocenters. The Labute approximate surface area is 108 Å². The first-order valence-corrected chi connectivity index (χ1v) is 7.22. The number of nitrogens with zero attached hydrogens (tertiary/aromatic N) is 1. The molecule has 1 rings (SSSR count). The number of rotatable bonds is 4.